The molecule has 14 heteroatoms. The summed E-state index contributed by atoms with van der Waals surface area (Å²) in [6.45, 7) is 6.84. The zero-order chi connectivity index (χ0) is 28.7. The summed E-state index contributed by atoms with van der Waals surface area (Å²) in [4.78, 5) is 50.5. The van der Waals surface area contributed by atoms with Gasteiger partial charge in [-0.1, -0.05) is 23.9 Å². The number of amides is 2. The predicted octanol–water partition coefficient (Wildman–Crippen LogP) is 3.73. The summed E-state index contributed by atoms with van der Waals surface area (Å²) >= 11 is 2.04. The number of ether oxygens (including phenoxy) is 2. The van der Waals surface area contributed by atoms with Gasteiger partial charge in [0, 0.05) is 7.05 Å². The van der Waals surface area contributed by atoms with Crippen molar-refractivity contribution >= 4 is 51.9 Å². The molecule has 2 amide bonds. The molecule has 2 heterocycles. The number of nitrogens with one attached hydrogen (secondary N) is 2. The first-order chi connectivity index (χ1) is 18.6. The Labute approximate surface area is 232 Å². The fourth-order valence-corrected chi connectivity index (χ4v) is 5.29. The van der Waals surface area contributed by atoms with Crippen molar-refractivity contribution < 1.29 is 33.0 Å². The van der Waals surface area contributed by atoms with Crippen molar-refractivity contribution in [1.82, 2.24) is 20.1 Å². The number of aromatic nitrogens is 3. The quantitative estimate of drug-likeness (QED) is 0.258. The molecule has 208 valence electrons. The lowest BCUT2D eigenvalue weighted by Gasteiger charge is -2.12. The van der Waals surface area contributed by atoms with Crippen LogP contribution in [0.1, 0.15) is 62.5 Å². The smallest absolute Gasteiger partial charge is 0.348 e. The van der Waals surface area contributed by atoms with Crippen LogP contribution in [-0.2, 0) is 27.9 Å². The molecule has 1 unspecified atom stereocenters. The van der Waals surface area contributed by atoms with Gasteiger partial charge in [0.2, 0.25) is 5.91 Å². The van der Waals surface area contributed by atoms with E-state index in [1.807, 2.05) is 0 Å². The Balaban J connectivity index is 1.70. The minimum absolute atomic E-state index is 0.00812. The van der Waals surface area contributed by atoms with Gasteiger partial charge in [0.25, 0.3) is 5.91 Å². The van der Waals surface area contributed by atoms with Crippen LogP contribution in [0.3, 0.4) is 0 Å². The van der Waals surface area contributed by atoms with Crippen LogP contribution in [0.2, 0.25) is 0 Å². The van der Waals surface area contributed by atoms with Crippen molar-refractivity contribution in [2.75, 3.05) is 18.5 Å². The number of thiophene rings is 1. The van der Waals surface area contributed by atoms with Gasteiger partial charge in [-0.25, -0.2) is 14.0 Å². The van der Waals surface area contributed by atoms with E-state index in [2.05, 4.69) is 20.8 Å². The fraction of sp³-hybridized carbons (Fsp3) is 0.360. The maximum Gasteiger partial charge on any atom is 0.348 e. The van der Waals surface area contributed by atoms with Crippen molar-refractivity contribution in [2.45, 2.75) is 44.6 Å². The van der Waals surface area contributed by atoms with Crippen LogP contribution in [0.25, 0.3) is 0 Å². The van der Waals surface area contributed by atoms with Crippen LogP contribution in [0.5, 0.6) is 0 Å². The average molecular weight is 578 g/mol. The Morgan fingerprint density at radius 3 is 2.44 bits per heavy atom. The molecule has 3 rings (SSSR count). The van der Waals surface area contributed by atoms with E-state index in [9.17, 15) is 23.6 Å². The van der Waals surface area contributed by atoms with Crippen molar-refractivity contribution in [3.8, 4) is 0 Å². The van der Waals surface area contributed by atoms with E-state index >= 15 is 0 Å². The number of thioether (sulfide) groups is 1. The van der Waals surface area contributed by atoms with E-state index in [4.69, 9.17) is 9.47 Å². The molecule has 3 aromatic rings. The average Bonchev–Trinajstić information content (AvgIpc) is 3.41. The van der Waals surface area contributed by atoms with E-state index in [0.717, 1.165) is 23.1 Å². The zero-order valence-electron chi connectivity index (χ0n) is 22.0. The minimum Gasteiger partial charge on any atom is -0.462 e. The third-order valence-corrected chi connectivity index (χ3v) is 7.75. The maximum absolute atomic E-state index is 13.8. The van der Waals surface area contributed by atoms with Gasteiger partial charge in [-0.05, 0) is 45.4 Å². The van der Waals surface area contributed by atoms with Gasteiger partial charge in [-0.2, -0.15) is 0 Å². The monoisotopic (exact) mass is 577 g/mol. The number of halogens is 1. The predicted molar refractivity (Wildman–Crippen MR) is 143 cm³/mol. The van der Waals surface area contributed by atoms with E-state index in [-0.39, 0.29) is 40.8 Å². The number of rotatable bonds is 11. The summed E-state index contributed by atoms with van der Waals surface area (Å²) in [7, 11) is 1.67. The Hall–Kier alpha value is -3.78. The van der Waals surface area contributed by atoms with Crippen molar-refractivity contribution in [3.05, 3.63) is 57.5 Å². The highest BCUT2D eigenvalue weighted by Gasteiger charge is 2.29. The molecule has 2 N–H and O–H groups in total. The maximum atomic E-state index is 13.8. The van der Waals surface area contributed by atoms with Crippen molar-refractivity contribution in [3.63, 3.8) is 0 Å². The standard InChI is InChI=1S/C25H28FN5O6S2/c1-6-36-23(34)18-13(3)19(24(35)37-7-2)39-22(18)28-20(32)14(4)38-25-30-29-17(31(25)5)12-27-21(33)15-10-8-9-11-16(15)26/h8-11,14H,6-7,12H2,1-5H3,(H,27,33)(H,28,32). The molecule has 0 saturated heterocycles. The number of esters is 2. The molecule has 0 saturated carbocycles. The Bertz CT molecular complexity index is 1390. The highest BCUT2D eigenvalue weighted by Crippen LogP contribution is 2.35. The number of carbonyl (C=O) groups is 4. The second-order valence-corrected chi connectivity index (χ2v) is 10.4. The zero-order valence-corrected chi connectivity index (χ0v) is 23.6. The lowest BCUT2D eigenvalue weighted by molar-refractivity contribution is -0.115. The lowest BCUT2D eigenvalue weighted by atomic mass is 10.1. The number of hydrogen-bond acceptors (Lipinski definition) is 10. The first-order valence-electron chi connectivity index (χ1n) is 11.9. The third kappa shape index (κ3) is 7.00. The fourth-order valence-electron chi connectivity index (χ4n) is 3.37. The van der Waals surface area contributed by atoms with Crippen LogP contribution in [0.15, 0.2) is 29.4 Å². The molecule has 0 radical (unpaired) electrons. The number of hydrogen-bond donors (Lipinski definition) is 2. The van der Waals surface area contributed by atoms with Crippen molar-refractivity contribution in [2.24, 2.45) is 7.05 Å². The van der Waals surface area contributed by atoms with Gasteiger partial charge in [0.15, 0.2) is 11.0 Å². The van der Waals surface area contributed by atoms with Crippen molar-refractivity contribution in [1.29, 1.82) is 0 Å². The Morgan fingerprint density at radius 1 is 1.10 bits per heavy atom. The normalized spacial score (nSPS) is 11.5. The van der Waals surface area contributed by atoms with Gasteiger partial charge in [-0.15, -0.1) is 21.5 Å². The molecular formula is C25H28FN5O6S2. The Kier molecular flexibility index (Phi) is 10.2. The third-order valence-electron chi connectivity index (χ3n) is 5.43. The van der Waals surface area contributed by atoms with E-state index in [1.165, 1.54) is 18.2 Å². The molecule has 39 heavy (non-hydrogen) atoms. The Morgan fingerprint density at radius 2 is 1.77 bits per heavy atom. The topological polar surface area (TPSA) is 142 Å². The lowest BCUT2D eigenvalue weighted by Crippen LogP contribution is -2.25. The molecule has 0 aliphatic rings. The van der Waals surface area contributed by atoms with Gasteiger partial charge in [0.1, 0.15) is 15.7 Å². The van der Waals surface area contributed by atoms with E-state index < -0.39 is 34.8 Å². The summed E-state index contributed by atoms with van der Waals surface area (Å²) in [5.74, 6) is -2.53. The summed E-state index contributed by atoms with van der Waals surface area (Å²) in [5.41, 5.74) is 0.376. The summed E-state index contributed by atoms with van der Waals surface area (Å²) in [5, 5.41) is 13.3. The summed E-state index contributed by atoms with van der Waals surface area (Å²) in [6, 6.07) is 5.63. The number of anilines is 1. The van der Waals surface area contributed by atoms with E-state index in [0.29, 0.717) is 16.5 Å². The van der Waals surface area contributed by atoms with Crippen LogP contribution in [0.4, 0.5) is 9.39 Å². The molecule has 2 aromatic heterocycles. The summed E-state index contributed by atoms with van der Waals surface area (Å²) in [6.07, 6.45) is 0. The van der Waals surface area contributed by atoms with Gasteiger partial charge >= 0.3 is 11.9 Å². The van der Waals surface area contributed by atoms with Crippen LogP contribution >= 0.6 is 23.1 Å². The number of carbonyl (C=O) groups excluding carboxylic acids is 4. The minimum atomic E-state index is -0.683. The molecule has 0 bridgehead atoms. The molecule has 1 atom stereocenters. The largest absolute Gasteiger partial charge is 0.462 e. The van der Waals surface area contributed by atoms with Crippen LogP contribution < -0.4 is 10.6 Å². The number of nitrogens with zero attached hydrogens (tertiary/aromatic N) is 3. The second-order valence-electron chi connectivity index (χ2n) is 8.07. The molecular weight excluding hydrogens is 549 g/mol. The first-order valence-corrected chi connectivity index (χ1v) is 13.6. The van der Waals surface area contributed by atoms with Gasteiger partial charge in [0.05, 0.1) is 36.1 Å². The highest BCUT2D eigenvalue weighted by molar-refractivity contribution is 8.00. The van der Waals surface area contributed by atoms with E-state index in [1.54, 1.807) is 45.4 Å². The van der Waals surface area contributed by atoms with Crippen LogP contribution in [0, 0.1) is 12.7 Å². The molecule has 0 aliphatic carbocycles. The second kappa shape index (κ2) is 13.3. The van der Waals surface area contributed by atoms with Gasteiger partial charge in [-0.3, -0.25) is 9.59 Å². The highest BCUT2D eigenvalue weighted by atomic mass is 32.2. The molecule has 0 spiro atoms. The van der Waals surface area contributed by atoms with Gasteiger partial charge < -0.3 is 24.7 Å². The molecule has 11 nitrogen and oxygen atoms in total. The SMILES string of the molecule is CCOC(=O)c1sc(NC(=O)C(C)Sc2nnc(CNC(=O)c3ccccc3F)n2C)c(C(=O)OCC)c1C. The molecule has 0 fully saturated rings. The molecule has 0 aliphatic heterocycles. The first kappa shape index (κ1) is 29.8. The number of benzene rings is 1. The molecule has 1 aromatic carbocycles. The van der Waals surface area contributed by atoms with Crippen LogP contribution in [-0.4, -0.2) is 57.0 Å². The summed E-state index contributed by atoms with van der Waals surface area (Å²) < 4.78 is 25.6.